The quantitative estimate of drug-likeness (QED) is 0.879. The Kier molecular flexibility index (Phi) is 3.86. The highest BCUT2D eigenvalue weighted by molar-refractivity contribution is 6.33. The van der Waals surface area contributed by atoms with E-state index in [-0.39, 0.29) is 5.82 Å². The number of aromatic nitrogens is 1. The topological polar surface area (TPSA) is 65.8 Å². The molecular formula is C11H12ClN3O. The molecule has 1 aromatic heterocycles. The number of carbonyl (C=O) groups is 1. The number of carbonyl (C=O) groups excluding carboxylic acids is 1. The molecule has 16 heavy (non-hydrogen) atoms. The SMILES string of the molecule is CCC(C)(C#N)C(=O)Nc1ncccc1Cl. The lowest BCUT2D eigenvalue weighted by molar-refractivity contribution is -0.122. The molecule has 0 saturated heterocycles. The summed E-state index contributed by atoms with van der Waals surface area (Å²) < 4.78 is 0. The Morgan fingerprint density at radius 2 is 2.44 bits per heavy atom. The Bertz CT molecular complexity index is 441. The minimum absolute atomic E-state index is 0.282. The van der Waals surface area contributed by atoms with Gasteiger partial charge in [-0.1, -0.05) is 18.5 Å². The van der Waals surface area contributed by atoms with Crippen LogP contribution in [0.25, 0.3) is 0 Å². The van der Waals surface area contributed by atoms with E-state index in [1.807, 2.05) is 6.07 Å². The van der Waals surface area contributed by atoms with Gasteiger partial charge in [-0.15, -0.1) is 0 Å². The van der Waals surface area contributed by atoms with Crippen molar-refractivity contribution in [3.05, 3.63) is 23.4 Å². The van der Waals surface area contributed by atoms with Crippen LogP contribution in [-0.4, -0.2) is 10.9 Å². The molecule has 0 aliphatic heterocycles. The van der Waals surface area contributed by atoms with Crippen LogP contribution in [0.4, 0.5) is 5.82 Å². The summed E-state index contributed by atoms with van der Waals surface area (Å²) in [6.07, 6.45) is 1.96. The molecule has 1 aromatic rings. The number of halogens is 1. The lowest BCUT2D eigenvalue weighted by Crippen LogP contribution is -2.31. The van der Waals surface area contributed by atoms with Crippen LogP contribution in [0.2, 0.25) is 5.02 Å². The average molecular weight is 238 g/mol. The number of pyridine rings is 1. The molecular weight excluding hydrogens is 226 g/mol. The molecule has 1 rings (SSSR count). The number of anilines is 1. The van der Waals surface area contributed by atoms with Gasteiger partial charge in [0.2, 0.25) is 5.91 Å². The molecule has 5 heteroatoms. The van der Waals surface area contributed by atoms with Crippen LogP contribution < -0.4 is 5.32 Å². The minimum atomic E-state index is -1.05. The van der Waals surface area contributed by atoms with Gasteiger partial charge in [0, 0.05) is 6.20 Å². The van der Waals surface area contributed by atoms with Gasteiger partial charge in [-0.3, -0.25) is 4.79 Å². The van der Waals surface area contributed by atoms with Crippen LogP contribution in [0.15, 0.2) is 18.3 Å². The number of nitriles is 1. The molecule has 1 amide bonds. The monoisotopic (exact) mass is 237 g/mol. The van der Waals surface area contributed by atoms with E-state index in [1.165, 1.54) is 6.20 Å². The van der Waals surface area contributed by atoms with Crippen LogP contribution in [0.1, 0.15) is 20.3 Å². The van der Waals surface area contributed by atoms with E-state index in [9.17, 15) is 4.79 Å². The molecule has 0 radical (unpaired) electrons. The van der Waals surface area contributed by atoms with Gasteiger partial charge >= 0.3 is 0 Å². The Balaban J connectivity index is 2.88. The maximum atomic E-state index is 11.8. The highest BCUT2D eigenvalue weighted by Crippen LogP contribution is 2.24. The summed E-state index contributed by atoms with van der Waals surface area (Å²) >= 11 is 5.84. The van der Waals surface area contributed by atoms with Gasteiger partial charge in [-0.2, -0.15) is 5.26 Å². The lowest BCUT2D eigenvalue weighted by atomic mass is 9.88. The van der Waals surface area contributed by atoms with Gasteiger partial charge in [-0.05, 0) is 25.5 Å². The van der Waals surface area contributed by atoms with E-state index < -0.39 is 11.3 Å². The van der Waals surface area contributed by atoms with E-state index in [2.05, 4.69) is 10.3 Å². The molecule has 84 valence electrons. The number of hydrogen-bond acceptors (Lipinski definition) is 3. The minimum Gasteiger partial charge on any atom is -0.308 e. The highest BCUT2D eigenvalue weighted by atomic mass is 35.5. The predicted molar refractivity (Wildman–Crippen MR) is 61.9 cm³/mol. The first-order chi connectivity index (χ1) is 7.53. The van der Waals surface area contributed by atoms with Gasteiger partial charge in [-0.25, -0.2) is 4.98 Å². The Hall–Kier alpha value is -1.60. The van der Waals surface area contributed by atoms with Gasteiger partial charge in [0.15, 0.2) is 5.82 Å². The summed E-state index contributed by atoms with van der Waals surface area (Å²) in [4.78, 5) is 15.7. The zero-order valence-corrected chi connectivity index (χ0v) is 9.88. The van der Waals surface area contributed by atoms with Gasteiger partial charge < -0.3 is 5.32 Å². The molecule has 1 atom stereocenters. The third-order valence-electron chi connectivity index (χ3n) is 2.45. The number of amides is 1. The van der Waals surface area contributed by atoms with Crippen molar-refractivity contribution in [2.45, 2.75) is 20.3 Å². The molecule has 1 heterocycles. The second kappa shape index (κ2) is 4.95. The van der Waals surface area contributed by atoms with E-state index in [0.717, 1.165) is 0 Å². The smallest absolute Gasteiger partial charge is 0.245 e. The zero-order chi connectivity index (χ0) is 12.2. The van der Waals surface area contributed by atoms with Crippen molar-refractivity contribution >= 4 is 23.3 Å². The normalized spacial score (nSPS) is 13.6. The summed E-state index contributed by atoms with van der Waals surface area (Å²) in [5.41, 5.74) is -1.05. The van der Waals surface area contributed by atoms with Crippen molar-refractivity contribution in [3.63, 3.8) is 0 Å². The van der Waals surface area contributed by atoms with Gasteiger partial charge in [0.05, 0.1) is 11.1 Å². The van der Waals surface area contributed by atoms with Crippen molar-refractivity contribution in [1.82, 2.24) is 4.98 Å². The molecule has 0 aromatic carbocycles. The third-order valence-corrected chi connectivity index (χ3v) is 2.75. The molecule has 0 saturated carbocycles. The van der Waals surface area contributed by atoms with Crippen LogP contribution in [-0.2, 0) is 4.79 Å². The van der Waals surface area contributed by atoms with Crippen LogP contribution in [0.5, 0.6) is 0 Å². The maximum absolute atomic E-state index is 11.8. The molecule has 0 fully saturated rings. The Morgan fingerprint density at radius 1 is 1.75 bits per heavy atom. The number of nitrogens with one attached hydrogen (secondary N) is 1. The zero-order valence-electron chi connectivity index (χ0n) is 9.12. The summed E-state index contributed by atoms with van der Waals surface area (Å²) in [6.45, 7) is 3.36. The third kappa shape index (κ3) is 2.50. The van der Waals surface area contributed by atoms with Crippen LogP contribution in [0, 0.1) is 16.7 Å². The molecule has 0 aliphatic carbocycles. The predicted octanol–water partition coefficient (Wildman–Crippen LogP) is 2.61. The number of hydrogen-bond donors (Lipinski definition) is 1. The van der Waals surface area contributed by atoms with Crippen molar-refractivity contribution in [2.75, 3.05) is 5.32 Å². The fraction of sp³-hybridized carbons (Fsp3) is 0.364. The molecule has 1 unspecified atom stereocenters. The fourth-order valence-corrected chi connectivity index (χ4v) is 1.18. The number of nitrogens with zero attached hydrogens (tertiary/aromatic N) is 2. The van der Waals surface area contributed by atoms with E-state index >= 15 is 0 Å². The largest absolute Gasteiger partial charge is 0.308 e. The summed E-state index contributed by atoms with van der Waals surface area (Å²) in [6, 6.07) is 5.28. The van der Waals surface area contributed by atoms with E-state index in [4.69, 9.17) is 16.9 Å². The summed E-state index contributed by atoms with van der Waals surface area (Å²) in [7, 11) is 0. The number of rotatable bonds is 3. The van der Waals surface area contributed by atoms with Gasteiger partial charge in [0.1, 0.15) is 5.41 Å². The van der Waals surface area contributed by atoms with Crippen molar-refractivity contribution in [2.24, 2.45) is 5.41 Å². The standard InChI is InChI=1S/C11H12ClN3O/c1-3-11(2,7-13)10(16)15-9-8(12)5-4-6-14-9/h4-6H,3H2,1-2H3,(H,14,15,16). The van der Waals surface area contributed by atoms with E-state index in [0.29, 0.717) is 11.4 Å². The first-order valence-corrected chi connectivity index (χ1v) is 5.24. The molecule has 0 aliphatic rings. The molecule has 0 bridgehead atoms. The average Bonchev–Trinajstić information content (AvgIpc) is 2.31. The Morgan fingerprint density at radius 3 is 2.94 bits per heavy atom. The second-order valence-electron chi connectivity index (χ2n) is 3.59. The van der Waals surface area contributed by atoms with Crippen molar-refractivity contribution in [3.8, 4) is 6.07 Å². The maximum Gasteiger partial charge on any atom is 0.245 e. The summed E-state index contributed by atoms with van der Waals surface area (Å²) in [5, 5.41) is 11.8. The molecule has 1 N–H and O–H groups in total. The summed E-state index contributed by atoms with van der Waals surface area (Å²) in [5.74, 6) is -0.109. The second-order valence-corrected chi connectivity index (χ2v) is 3.99. The van der Waals surface area contributed by atoms with Crippen molar-refractivity contribution in [1.29, 1.82) is 5.26 Å². The van der Waals surface area contributed by atoms with Crippen LogP contribution in [0.3, 0.4) is 0 Å². The van der Waals surface area contributed by atoms with E-state index in [1.54, 1.807) is 26.0 Å². The van der Waals surface area contributed by atoms with Crippen molar-refractivity contribution < 1.29 is 4.79 Å². The highest BCUT2D eigenvalue weighted by Gasteiger charge is 2.31. The molecule has 4 nitrogen and oxygen atoms in total. The fourth-order valence-electron chi connectivity index (χ4n) is 1.01. The first-order valence-electron chi connectivity index (χ1n) is 4.86. The first kappa shape index (κ1) is 12.5. The van der Waals surface area contributed by atoms with Gasteiger partial charge in [0.25, 0.3) is 0 Å². The Labute approximate surface area is 99.2 Å². The molecule has 0 spiro atoms. The lowest BCUT2D eigenvalue weighted by Gasteiger charge is -2.18. The van der Waals surface area contributed by atoms with Crippen LogP contribution >= 0.6 is 11.6 Å².